The second kappa shape index (κ2) is 4.35. The standard InChI is InChI=1S/C12H21N3/c1-9-4-5-10(13-2)6-11(9)12-7-15(3)8-14-12/h7-11,13H,4-6H2,1-3H3. The first kappa shape index (κ1) is 10.7. The molecule has 3 heteroatoms. The van der Waals surface area contributed by atoms with Crippen LogP contribution in [0.4, 0.5) is 0 Å². The highest BCUT2D eigenvalue weighted by Crippen LogP contribution is 2.36. The molecule has 0 spiro atoms. The van der Waals surface area contributed by atoms with E-state index in [0.29, 0.717) is 12.0 Å². The fraction of sp³-hybridized carbons (Fsp3) is 0.750. The molecule has 3 atom stereocenters. The molecule has 1 aliphatic carbocycles. The third-order valence-corrected chi connectivity index (χ3v) is 3.71. The molecule has 0 aromatic carbocycles. The Hall–Kier alpha value is -0.830. The van der Waals surface area contributed by atoms with E-state index < -0.39 is 0 Å². The van der Waals surface area contributed by atoms with Crippen molar-refractivity contribution in [2.24, 2.45) is 13.0 Å². The predicted octanol–water partition coefficient (Wildman–Crippen LogP) is 1.91. The van der Waals surface area contributed by atoms with Crippen LogP contribution in [0.25, 0.3) is 0 Å². The van der Waals surface area contributed by atoms with Gasteiger partial charge in [-0.2, -0.15) is 0 Å². The third kappa shape index (κ3) is 2.23. The molecule has 0 aliphatic heterocycles. The van der Waals surface area contributed by atoms with E-state index in [-0.39, 0.29) is 0 Å². The van der Waals surface area contributed by atoms with Crippen LogP contribution in [0.5, 0.6) is 0 Å². The fourth-order valence-electron chi connectivity index (χ4n) is 2.62. The summed E-state index contributed by atoms with van der Waals surface area (Å²) in [5.41, 5.74) is 1.27. The Kier molecular flexibility index (Phi) is 3.10. The number of imidazole rings is 1. The first-order valence-corrected chi connectivity index (χ1v) is 5.86. The molecule has 0 amide bonds. The van der Waals surface area contributed by atoms with Crippen molar-refractivity contribution in [2.45, 2.75) is 38.1 Å². The molecule has 0 radical (unpaired) electrons. The molecule has 1 fully saturated rings. The summed E-state index contributed by atoms with van der Waals surface area (Å²) in [6.45, 7) is 2.35. The lowest BCUT2D eigenvalue weighted by Crippen LogP contribution is -2.33. The van der Waals surface area contributed by atoms with Crippen molar-refractivity contribution in [2.75, 3.05) is 7.05 Å². The summed E-state index contributed by atoms with van der Waals surface area (Å²) in [7, 11) is 4.11. The van der Waals surface area contributed by atoms with Crippen molar-refractivity contribution in [3.63, 3.8) is 0 Å². The van der Waals surface area contributed by atoms with E-state index in [1.54, 1.807) is 0 Å². The molecular weight excluding hydrogens is 186 g/mol. The lowest BCUT2D eigenvalue weighted by Gasteiger charge is -2.33. The topological polar surface area (TPSA) is 29.9 Å². The summed E-state index contributed by atoms with van der Waals surface area (Å²) in [5, 5.41) is 3.40. The van der Waals surface area contributed by atoms with Crippen LogP contribution in [0, 0.1) is 5.92 Å². The molecule has 1 aromatic rings. The number of nitrogens with zero attached hydrogens (tertiary/aromatic N) is 2. The molecule has 84 valence electrons. The van der Waals surface area contributed by atoms with Crippen LogP contribution < -0.4 is 5.32 Å². The first-order valence-electron chi connectivity index (χ1n) is 5.86. The lowest BCUT2D eigenvalue weighted by molar-refractivity contribution is 0.273. The van der Waals surface area contributed by atoms with Gasteiger partial charge in [0.25, 0.3) is 0 Å². The second-order valence-electron chi connectivity index (χ2n) is 4.85. The number of rotatable bonds is 2. The maximum Gasteiger partial charge on any atom is 0.0946 e. The maximum atomic E-state index is 4.49. The zero-order valence-corrected chi connectivity index (χ0v) is 9.90. The van der Waals surface area contributed by atoms with E-state index in [1.165, 1.54) is 25.0 Å². The molecule has 3 unspecified atom stereocenters. The Bertz CT molecular complexity index is 318. The molecule has 1 aromatic heterocycles. The quantitative estimate of drug-likeness (QED) is 0.803. The van der Waals surface area contributed by atoms with E-state index in [4.69, 9.17) is 0 Å². The Labute approximate surface area is 91.9 Å². The Balaban J connectivity index is 2.12. The van der Waals surface area contributed by atoms with Gasteiger partial charge in [0.15, 0.2) is 0 Å². The van der Waals surface area contributed by atoms with Crippen molar-refractivity contribution in [3.8, 4) is 0 Å². The molecule has 0 bridgehead atoms. The Morgan fingerprint density at radius 1 is 1.47 bits per heavy atom. The average Bonchev–Trinajstić information content (AvgIpc) is 2.65. The molecule has 3 nitrogen and oxygen atoms in total. The lowest BCUT2D eigenvalue weighted by atomic mass is 9.76. The van der Waals surface area contributed by atoms with Gasteiger partial charge in [0.2, 0.25) is 0 Å². The van der Waals surface area contributed by atoms with Gasteiger partial charge < -0.3 is 9.88 Å². The van der Waals surface area contributed by atoms with Gasteiger partial charge in [0.1, 0.15) is 0 Å². The van der Waals surface area contributed by atoms with Gasteiger partial charge in [0.05, 0.1) is 12.0 Å². The number of hydrogen-bond acceptors (Lipinski definition) is 2. The number of hydrogen-bond donors (Lipinski definition) is 1. The minimum absolute atomic E-state index is 0.636. The van der Waals surface area contributed by atoms with Gasteiger partial charge in [-0.05, 0) is 32.2 Å². The summed E-state index contributed by atoms with van der Waals surface area (Å²) in [6, 6.07) is 0.674. The number of aryl methyl sites for hydroxylation is 1. The number of aromatic nitrogens is 2. The normalized spacial score (nSPS) is 31.8. The van der Waals surface area contributed by atoms with E-state index >= 15 is 0 Å². The molecule has 1 saturated carbocycles. The third-order valence-electron chi connectivity index (χ3n) is 3.71. The van der Waals surface area contributed by atoms with Gasteiger partial charge >= 0.3 is 0 Å². The van der Waals surface area contributed by atoms with E-state index in [1.807, 2.05) is 17.9 Å². The average molecular weight is 207 g/mol. The monoisotopic (exact) mass is 207 g/mol. The van der Waals surface area contributed by atoms with Gasteiger partial charge in [-0.1, -0.05) is 6.92 Å². The van der Waals surface area contributed by atoms with Crippen molar-refractivity contribution < 1.29 is 0 Å². The summed E-state index contributed by atoms with van der Waals surface area (Å²) in [4.78, 5) is 4.49. The van der Waals surface area contributed by atoms with Crippen molar-refractivity contribution in [3.05, 3.63) is 18.2 Å². The van der Waals surface area contributed by atoms with Gasteiger partial charge in [0, 0.05) is 25.2 Å². The summed E-state index contributed by atoms with van der Waals surface area (Å²) in [5.74, 6) is 1.40. The second-order valence-corrected chi connectivity index (χ2v) is 4.85. The highest BCUT2D eigenvalue weighted by molar-refractivity contribution is 5.08. The minimum Gasteiger partial charge on any atom is -0.340 e. The zero-order chi connectivity index (χ0) is 10.8. The summed E-state index contributed by atoms with van der Waals surface area (Å²) >= 11 is 0. The molecule has 2 rings (SSSR count). The van der Waals surface area contributed by atoms with E-state index in [9.17, 15) is 0 Å². The van der Waals surface area contributed by atoms with Crippen LogP contribution in [0.15, 0.2) is 12.5 Å². The zero-order valence-electron chi connectivity index (χ0n) is 9.90. The minimum atomic E-state index is 0.636. The molecule has 1 heterocycles. The molecule has 15 heavy (non-hydrogen) atoms. The Morgan fingerprint density at radius 3 is 2.87 bits per heavy atom. The molecule has 1 aliphatic rings. The van der Waals surface area contributed by atoms with Crippen molar-refractivity contribution in [1.29, 1.82) is 0 Å². The predicted molar refractivity (Wildman–Crippen MR) is 61.8 cm³/mol. The van der Waals surface area contributed by atoms with Gasteiger partial charge in [-0.3, -0.25) is 0 Å². The Morgan fingerprint density at radius 2 is 2.27 bits per heavy atom. The van der Waals surface area contributed by atoms with E-state index in [2.05, 4.69) is 30.5 Å². The first-order chi connectivity index (χ1) is 7.20. The fourth-order valence-corrected chi connectivity index (χ4v) is 2.62. The van der Waals surface area contributed by atoms with E-state index in [0.717, 1.165) is 5.92 Å². The largest absolute Gasteiger partial charge is 0.340 e. The summed E-state index contributed by atoms with van der Waals surface area (Å²) < 4.78 is 2.05. The summed E-state index contributed by atoms with van der Waals surface area (Å²) in [6.07, 6.45) is 7.92. The van der Waals surface area contributed by atoms with Crippen molar-refractivity contribution in [1.82, 2.24) is 14.9 Å². The molecular formula is C12H21N3. The smallest absolute Gasteiger partial charge is 0.0946 e. The highest BCUT2D eigenvalue weighted by atomic mass is 15.0. The van der Waals surface area contributed by atoms with Gasteiger partial charge in [-0.15, -0.1) is 0 Å². The molecule has 0 saturated heterocycles. The SMILES string of the molecule is CNC1CCC(C)C(c2cn(C)cn2)C1. The number of nitrogens with one attached hydrogen (secondary N) is 1. The van der Waals surface area contributed by atoms with Crippen LogP contribution in [-0.2, 0) is 7.05 Å². The maximum absolute atomic E-state index is 4.49. The van der Waals surface area contributed by atoms with Crippen LogP contribution in [0.1, 0.15) is 37.8 Å². The highest BCUT2D eigenvalue weighted by Gasteiger charge is 2.29. The van der Waals surface area contributed by atoms with Crippen LogP contribution in [0.2, 0.25) is 0 Å². The van der Waals surface area contributed by atoms with Crippen LogP contribution >= 0.6 is 0 Å². The van der Waals surface area contributed by atoms with Crippen LogP contribution in [0.3, 0.4) is 0 Å². The van der Waals surface area contributed by atoms with Crippen LogP contribution in [-0.4, -0.2) is 22.6 Å². The molecule has 1 N–H and O–H groups in total. The van der Waals surface area contributed by atoms with Gasteiger partial charge in [-0.25, -0.2) is 4.98 Å². The van der Waals surface area contributed by atoms with Crippen molar-refractivity contribution >= 4 is 0 Å².